The lowest BCUT2D eigenvalue weighted by atomic mass is 9.83. The Kier molecular flexibility index (Phi) is 3.00. The van der Waals surface area contributed by atoms with E-state index in [1.165, 1.54) is 6.20 Å². The third-order valence-corrected chi connectivity index (χ3v) is 4.40. The first-order valence-electron chi connectivity index (χ1n) is 5.27. The molecule has 0 aromatic carbocycles. The molecule has 7 heteroatoms. The lowest BCUT2D eigenvalue weighted by Crippen LogP contribution is -2.43. The Balaban J connectivity index is 2.13. The van der Waals surface area contributed by atoms with Gasteiger partial charge in [-0.1, -0.05) is 6.92 Å². The number of aromatic nitrogens is 2. The maximum Gasteiger partial charge on any atom is 0.258 e. The van der Waals surface area contributed by atoms with E-state index >= 15 is 0 Å². The van der Waals surface area contributed by atoms with Crippen molar-refractivity contribution in [2.45, 2.75) is 37.4 Å². The minimum absolute atomic E-state index is 0.0499. The van der Waals surface area contributed by atoms with Crippen LogP contribution in [-0.2, 0) is 16.6 Å². The number of nitrogens with two attached hydrogens (primary N) is 1. The summed E-state index contributed by atoms with van der Waals surface area (Å²) in [4.78, 5) is 0. The molecule has 1 heterocycles. The number of nitrogens with one attached hydrogen (secondary N) is 2. The van der Waals surface area contributed by atoms with Crippen LogP contribution in [0.25, 0.3) is 0 Å². The second-order valence-corrected chi connectivity index (χ2v) is 5.97. The van der Waals surface area contributed by atoms with Gasteiger partial charge in [0, 0.05) is 18.2 Å². The summed E-state index contributed by atoms with van der Waals surface area (Å²) in [5.74, 6) is 0.600. The van der Waals surface area contributed by atoms with Crippen molar-refractivity contribution in [3.8, 4) is 0 Å². The van der Waals surface area contributed by atoms with Gasteiger partial charge in [0.25, 0.3) is 10.0 Å². The zero-order valence-corrected chi connectivity index (χ0v) is 9.92. The van der Waals surface area contributed by atoms with Crippen LogP contribution in [0.4, 0.5) is 0 Å². The summed E-state index contributed by atoms with van der Waals surface area (Å²) >= 11 is 0. The molecule has 1 aliphatic rings. The highest BCUT2D eigenvalue weighted by Gasteiger charge is 2.31. The van der Waals surface area contributed by atoms with Crippen LogP contribution in [-0.4, -0.2) is 24.7 Å². The zero-order valence-electron chi connectivity index (χ0n) is 9.10. The van der Waals surface area contributed by atoms with Gasteiger partial charge >= 0.3 is 0 Å². The smallest absolute Gasteiger partial charge is 0.258 e. The molecular weight excluding hydrogens is 228 g/mol. The Morgan fingerprint density at radius 1 is 1.62 bits per heavy atom. The highest BCUT2D eigenvalue weighted by atomic mass is 32.2. The monoisotopic (exact) mass is 244 g/mol. The quantitative estimate of drug-likeness (QED) is 0.691. The highest BCUT2D eigenvalue weighted by molar-refractivity contribution is 7.89. The second-order valence-electron chi connectivity index (χ2n) is 4.32. The Labute approximate surface area is 94.7 Å². The van der Waals surface area contributed by atoms with Gasteiger partial charge in [0.05, 0.1) is 6.20 Å². The Hall–Kier alpha value is -0.920. The van der Waals surface area contributed by atoms with E-state index in [0.29, 0.717) is 11.5 Å². The van der Waals surface area contributed by atoms with Gasteiger partial charge in [0.15, 0.2) is 5.03 Å². The lowest BCUT2D eigenvalue weighted by Gasteiger charge is -2.32. The van der Waals surface area contributed by atoms with E-state index in [4.69, 9.17) is 5.73 Å². The third-order valence-electron chi connectivity index (χ3n) is 2.86. The van der Waals surface area contributed by atoms with Crippen molar-refractivity contribution in [1.82, 2.24) is 14.9 Å². The molecule has 1 aromatic rings. The zero-order chi connectivity index (χ0) is 11.8. The first-order chi connectivity index (χ1) is 7.53. The summed E-state index contributed by atoms with van der Waals surface area (Å²) < 4.78 is 26.5. The van der Waals surface area contributed by atoms with E-state index in [0.717, 1.165) is 12.8 Å². The van der Waals surface area contributed by atoms with Gasteiger partial charge in [-0.3, -0.25) is 5.10 Å². The summed E-state index contributed by atoms with van der Waals surface area (Å²) in [5, 5.41) is 6.27. The molecule has 1 saturated carbocycles. The fourth-order valence-electron chi connectivity index (χ4n) is 1.95. The number of H-pyrrole nitrogens is 1. The molecule has 0 amide bonds. The second kappa shape index (κ2) is 4.15. The minimum Gasteiger partial charge on any atom is -0.326 e. The molecule has 2 rings (SSSR count). The molecule has 90 valence electrons. The number of nitrogens with zero attached hydrogens (tertiary/aromatic N) is 1. The van der Waals surface area contributed by atoms with Crippen molar-refractivity contribution >= 4 is 10.0 Å². The molecule has 16 heavy (non-hydrogen) atoms. The van der Waals surface area contributed by atoms with Gasteiger partial charge in [-0.2, -0.15) is 5.10 Å². The molecular formula is C9H16N4O2S. The molecule has 1 aliphatic carbocycles. The fraction of sp³-hybridized carbons (Fsp3) is 0.667. The standard InChI is InChI=1S/C9H16N4O2S/c1-6-2-8(3-6)13-16(14,15)9-7(4-10)5-11-12-9/h5-6,8,13H,2-4,10H2,1H3,(H,11,12). The van der Waals surface area contributed by atoms with Crippen LogP contribution in [0.15, 0.2) is 11.2 Å². The van der Waals surface area contributed by atoms with E-state index in [-0.39, 0.29) is 17.6 Å². The van der Waals surface area contributed by atoms with Gasteiger partial charge in [-0.25, -0.2) is 13.1 Å². The number of rotatable bonds is 4. The summed E-state index contributed by atoms with van der Waals surface area (Å²) in [7, 11) is -3.49. The van der Waals surface area contributed by atoms with Crippen molar-refractivity contribution in [1.29, 1.82) is 0 Å². The van der Waals surface area contributed by atoms with Crippen LogP contribution in [0.2, 0.25) is 0 Å². The maximum atomic E-state index is 11.9. The van der Waals surface area contributed by atoms with E-state index in [1.54, 1.807) is 0 Å². The van der Waals surface area contributed by atoms with Crippen LogP contribution in [0.3, 0.4) is 0 Å². The number of hydrogen-bond acceptors (Lipinski definition) is 4. The predicted octanol–water partition coefficient (Wildman–Crippen LogP) is -0.0548. The first-order valence-corrected chi connectivity index (χ1v) is 6.76. The molecule has 0 saturated heterocycles. The Morgan fingerprint density at radius 2 is 2.31 bits per heavy atom. The highest BCUT2D eigenvalue weighted by Crippen LogP contribution is 2.27. The average Bonchev–Trinajstić information content (AvgIpc) is 2.63. The van der Waals surface area contributed by atoms with Crippen LogP contribution in [0.1, 0.15) is 25.3 Å². The van der Waals surface area contributed by atoms with Crippen molar-refractivity contribution in [3.63, 3.8) is 0 Å². The first kappa shape index (κ1) is 11.6. The van der Waals surface area contributed by atoms with Crippen LogP contribution < -0.4 is 10.5 Å². The van der Waals surface area contributed by atoms with Crippen molar-refractivity contribution < 1.29 is 8.42 Å². The van der Waals surface area contributed by atoms with Crippen LogP contribution in [0.5, 0.6) is 0 Å². The van der Waals surface area contributed by atoms with E-state index in [1.807, 2.05) is 0 Å². The normalized spacial score (nSPS) is 25.4. The lowest BCUT2D eigenvalue weighted by molar-refractivity contribution is 0.270. The molecule has 1 fully saturated rings. The van der Waals surface area contributed by atoms with Crippen molar-refractivity contribution in [2.24, 2.45) is 11.7 Å². The Morgan fingerprint density at radius 3 is 2.88 bits per heavy atom. The van der Waals surface area contributed by atoms with Gasteiger partial charge in [-0.15, -0.1) is 0 Å². The fourth-order valence-corrected chi connectivity index (χ4v) is 3.36. The number of hydrogen-bond donors (Lipinski definition) is 3. The van der Waals surface area contributed by atoms with Gasteiger partial charge < -0.3 is 5.73 Å². The largest absolute Gasteiger partial charge is 0.326 e. The summed E-state index contributed by atoms with van der Waals surface area (Å²) in [6.07, 6.45) is 3.23. The molecule has 6 nitrogen and oxygen atoms in total. The molecule has 0 spiro atoms. The number of aromatic amines is 1. The van der Waals surface area contributed by atoms with Crippen molar-refractivity contribution in [2.75, 3.05) is 0 Å². The predicted molar refractivity (Wildman–Crippen MR) is 59.0 cm³/mol. The topological polar surface area (TPSA) is 101 Å². The average molecular weight is 244 g/mol. The van der Waals surface area contributed by atoms with E-state index in [9.17, 15) is 8.42 Å². The van der Waals surface area contributed by atoms with Crippen LogP contribution in [0, 0.1) is 5.92 Å². The van der Waals surface area contributed by atoms with Gasteiger partial charge in [0.1, 0.15) is 0 Å². The summed E-state index contributed by atoms with van der Waals surface area (Å²) in [6.45, 7) is 2.26. The summed E-state index contributed by atoms with van der Waals surface area (Å²) in [6, 6.07) is 0.0499. The molecule has 1 aromatic heterocycles. The Bertz CT molecular complexity index is 462. The number of sulfonamides is 1. The minimum atomic E-state index is -3.49. The molecule has 4 N–H and O–H groups in total. The molecule has 0 unspecified atom stereocenters. The van der Waals surface area contributed by atoms with Gasteiger partial charge in [-0.05, 0) is 18.8 Å². The third kappa shape index (κ3) is 2.11. The maximum absolute atomic E-state index is 11.9. The molecule has 0 radical (unpaired) electrons. The van der Waals surface area contributed by atoms with Gasteiger partial charge in [0.2, 0.25) is 0 Å². The molecule has 0 aliphatic heterocycles. The van der Waals surface area contributed by atoms with E-state index in [2.05, 4.69) is 21.8 Å². The van der Waals surface area contributed by atoms with E-state index < -0.39 is 10.0 Å². The molecule has 0 atom stereocenters. The van der Waals surface area contributed by atoms with Crippen molar-refractivity contribution in [3.05, 3.63) is 11.8 Å². The van der Waals surface area contributed by atoms with Crippen LogP contribution >= 0.6 is 0 Å². The summed E-state index contributed by atoms with van der Waals surface area (Å²) in [5.41, 5.74) is 5.95. The SMILES string of the molecule is CC1CC(NS(=O)(=O)c2[nH]ncc2CN)C1. The molecule has 0 bridgehead atoms.